The summed E-state index contributed by atoms with van der Waals surface area (Å²) >= 11 is 0. The Labute approximate surface area is 213 Å². The summed E-state index contributed by atoms with van der Waals surface area (Å²) < 4.78 is 5.39. The third kappa shape index (κ3) is 6.35. The average Bonchev–Trinajstić information content (AvgIpc) is 3.37. The number of nitrogens with one attached hydrogen (secondary N) is 3. The van der Waals surface area contributed by atoms with Gasteiger partial charge >= 0.3 is 0 Å². The van der Waals surface area contributed by atoms with Gasteiger partial charge < -0.3 is 20.4 Å². The smallest absolute Gasteiger partial charge is 0.206 e. The van der Waals surface area contributed by atoms with E-state index in [2.05, 4.69) is 59.5 Å². The van der Waals surface area contributed by atoms with Gasteiger partial charge in [0.1, 0.15) is 17.8 Å². The number of anilines is 2. The SMILES string of the molecule is CC.CC.COc1cncnc1-c1ccc2nc(Nc3cc(C(C)N4CCNCC4)ccn3)[nH]c2c1. The van der Waals surface area contributed by atoms with E-state index in [4.69, 9.17) is 4.74 Å². The number of hydrogen-bond acceptors (Lipinski definition) is 8. The van der Waals surface area contributed by atoms with Gasteiger partial charge in [-0.3, -0.25) is 4.90 Å². The lowest BCUT2D eigenvalue weighted by Crippen LogP contribution is -2.44. The molecule has 4 aromatic rings. The molecule has 1 aliphatic heterocycles. The predicted octanol–water partition coefficient (Wildman–Crippen LogP) is 5.19. The largest absolute Gasteiger partial charge is 0.493 e. The van der Waals surface area contributed by atoms with Crippen LogP contribution in [-0.2, 0) is 0 Å². The van der Waals surface area contributed by atoms with Crippen molar-refractivity contribution < 1.29 is 4.74 Å². The van der Waals surface area contributed by atoms with Crippen LogP contribution in [0.15, 0.2) is 49.1 Å². The molecule has 5 rings (SSSR count). The number of imidazole rings is 1. The molecule has 0 amide bonds. The second-order valence-electron chi connectivity index (χ2n) is 7.82. The Balaban J connectivity index is 0.000000861. The van der Waals surface area contributed by atoms with Gasteiger partial charge in [0.05, 0.1) is 24.3 Å². The van der Waals surface area contributed by atoms with E-state index in [1.165, 1.54) is 11.9 Å². The maximum Gasteiger partial charge on any atom is 0.206 e. The van der Waals surface area contributed by atoms with Crippen LogP contribution in [0.1, 0.15) is 46.2 Å². The monoisotopic (exact) mass is 490 g/mol. The van der Waals surface area contributed by atoms with Crippen molar-refractivity contribution in [2.24, 2.45) is 0 Å². The molecule has 0 spiro atoms. The molecule has 1 aliphatic rings. The molecule has 0 aliphatic carbocycles. The normalized spacial score (nSPS) is 14.2. The number of benzene rings is 1. The van der Waals surface area contributed by atoms with Crippen molar-refractivity contribution in [2.75, 3.05) is 38.6 Å². The molecule has 1 aromatic carbocycles. The topological polar surface area (TPSA) is 104 Å². The Morgan fingerprint density at radius 3 is 2.56 bits per heavy atom. The Morgan fingerprint density at radius 1 is 1.03 bits per heavy atom. The molecule has 0 bridgehead atoms. The van der Waals surface area contributed by atoms with Crippen LogP contribution in [0, 0.1) is 0 Å². The Morgan fingerprint density at radius 2 is 1.81 bits per heavy atom. The van der Waals surface area contributed by atoms with Gasteiger partial charge in [0.25, 0.3) is 0 Å². The van der Waals surface area contributed by atoms with E-state index in [-0.39, 0.29) is 0 Å². The van der Waals surface area contributed by atoms with Crippen molar-refractivity contribution in [2.45, 2.75) is 40.7 Å². The van der Waals surface area contributed by atoms with Crippen LogP contribution in [0.5, 0.6) is 5.75 Å². The Kier molecular flexibility index (Phi) is 10.1. The van der Waals surface area contributed by atoms with Gasteiger partial charge in [-0.25, -0.2) is 19.9 Å². The molecule has 9 heteroatoms. The van der Waals surface area contributed by atoms with Gasteiger partial charge in [-0.05, 0) is 36.8 Å². The van der Waals surface area contributed by atoms with Crippen molar-refractivity contribution in [3.05, 3.63) is 54.6 Å². The molecule has 36 heavy (non-hydrogen) atoms. The highest BCUT2D eigenvalue weighted by atomic mass is 16.5. The van der Waals surface area contributed by atoms with Gasteiger partial charge in [-0.15, -0.1) is 0 Å². The lowest BCUT2D eigenvalue weighted by molar-refractivity contribution is 0.185. The highest BCUT2D eigenvalue weighted by Crippen LogP contribution is 2.29. The van der Waals surface area contributed by atoms with E-state index in [1.807, 2.05) is 52.1 Å². The number of piperazine rings is 1. The van der Waals surface area contributed by atoms with Gasteiger partial charge in [0.2, 0.25) is 5.95 Å². The fraction of sp³-hybridized carbons (Fsp3) is 0.407. The summed E-state index contributed by atoms with van der Waals surface area (Å²) in [5, 5.41) is 6.72. The van der Waals surface area contributed by atoms with E-state index in [0.717, 1.165) is 54.3 Å². The van der Waals surface area contributed by atoms with E-state index in [9.17, 15) is 0 Å². The number of aromatic nitrogens is 5. The number of methoxy groups -OCH3 is 1. The summed E-state index contributed by atoms with van der Waals surface area (Å²) in [6.45, 7) is 14.4. The van der Waals surface area contributed by atoms with E-state index < -0.39 is 0 Å². The number of rotatable bonds is 6. The second-order valence-corrected chi connectivity index (χ2v) is 7.82. The third-order valence-corrected chi connectivity index (χ3v) is 5.87. The first-order valence-corrected chi connectivity index (χ1v) is 12.7. The van der Waals surface area contributed by atoms with Crippen molar-refractivity contribution in [1.82, 2.24) is 35.1 Å². The molecular formula is C27H38N8O. The molecule has 1 fully saturated rings. The number of ether oxygens (including phenoxy) is 1. The van der Waals surface area contributed by atoms with Crippen molar-refractivity contribution in [1.29, 1.82) is 0 Å². The first-order valence-electron chi connectivity index (χ1n) is 12.7. The average molecular weight is 491 g/mol. The second kappa shape index (κ2) is 13.5. The van der Waals surface area contributed by atoms with Crippen LogP contribution in [0.4, 0.5) is 11.8 Å². The van der Waals surface area contributed by atoms with Crippen LogP contribution in [-0.4, -0.2) is 63.1 Å². The molecule has 9 nitrogen and oxygen atoms in total. The van der Waals surface area contributed by atoms with Gasteiger partial charge in [0, 0.05) is 44.0 Å². The quantitative estimate of drug-likeness (QED) is 0.339. The van der Waals surface area contributed by atoms with Crippen LogP contribution < -0.4 is 15.4 Å². The van der Waals surface area contributed by atoms with Crippen LogP contribution in [0.25, 0.3) is 22.3 Å². The standard InChI is InChI=1S/C23H26N8O.2C2H6/c1-15(31-9-7-24-8-10-31)16-5-6-26-21(12-16)30-23-28-18-4-3-17(11-19(18)29-23)22-20(32-2)13-25-14-27-22;2*1-2/h3-6,11-15,24H,7-10H2,1-2H3,(H2,26,28,29,30);2*1-2H3. The van der Waals surface area contributed by atoms with Gasteiger partial charge in [0.15, 0.2) is 5.75 Å². The highest BCUT2D eigenvalue weighted by Gasteiger charge is 2.18. The number of fused-ring (bicyclic) bond motifs is 1. The molecule has 1 unspecified atom stereocenters. The molecule has 0 radical (unpaired) electrons. The molecule has 0 saturated carbocycles. The molecule has 3 N–H and O–H groups in total. The summed E-state index contributed by atoms with van der Waals surface area (Å²) in [4.78, 5) is 23.4. The molecule has 4 heterocycles. The minimum atomic E-state index is 0.335. The number of hydrogen-bond donors (Lipinski definition) is 3. The summed E-state index contributed by atoms with van der Waals surface area (Å²) in [6.07, 6.45) is 5.02. The zero-order valence-electron chi connectivity index (χ0n) is 22.2. The van der Waals surface area contributed by atoms with Crippen molar-refractivity contribution >= 4 is 22.8 Å². The molecule has 3 aromatic heterocycles. The molecule has 1 saturated heterocycles. The highest BCUT2D eigenvalue weighted by molar-refractivity contribution is 5.84. The van der Waals surface area contributed by atoms with E-state index in [1.54, 1.807) is 13.3 Å². The Bertz CT molecular complexity index is 1220. The minimum absolute atomic E-state index is 0.335. The maximum atomic E-state index is 5.39. The first-order chi connectivity index (χ1) is 17.7. The van der Waals surface area contributed by atoms with E-state index >= 15 is 0 Å². The zero-order chi connectivity index (χ0) is 25.9. The van der Waals surface area contributed by atoms with Crippen LogP contribution >= 0.6 is 0 Å². The predicted molar refractivity (Wildman–Crippen MR) is 147 cm³/mol. The number of nitrogens with zero attached hydrogens (tertiary/aromatic N) is 5. The molecular weight excluding hydrogens is 452 g/mol. The lowest BCUT2D eigenvalue weighted by Gasteiger charge is -2.33. The molecule has 1 atom stereocenters. The van der Waals surface area contributed by atoms with Crippen LogP contribution in [0.3, 0.4) is 0 Å². The summed E-state index contributed by atoms with van der Waals surface area (Å²) in [7, 11) is 1.61. The zero-order valence-corrected chi connectivity index (χ0v) is 22.2. The molecule has 192 valence electrons. The summed E-state index contributed by atoms with van der Waals surface area (Å²) in [5.41, 5.74) is 4.66. The van der Waals surface area contributed by atoms with Gasteiger partial charge in [-0.2, -0.15) is 0 Å². The number of H-pyrrole nitrogens is 1. The first kappa shape index (κ1) is 27.0. The van der Waals surface area contributed by atoms with E-state index in [0.29, 0.717) is 17.7 Å². The fourth-order valence-corrected chi connectivity index (χ4v) is 4.08. The van der Waals surface area contributed by atoms with Gasteiger partial charge in [-0.1, -0.05) is 33.8 Å². The lowest BCUT2D eigenvalue weighted by atomic mass is 10.1. The summed E-state index contributed by atoms with van der Waals surface area (Å²) in [5.74, 6) is 2.04. The number of pyridine rings is 1. The minimum Gasteiger partial charge on any atom is -0.493 e. The number of aromatic amines is 1. The Hall–Kier alpha value is -3.56. The fourth-order valence-electron chi connectivity index (χ4n) is 4.08. The maximum absolute atomic E-state index is 5.39. The van der Waals surface area contributed by atoms with Crippen LogP contribution in [0.2, 0.25) is 0 Å². The third-order valence-electron chi connectivity index (χ3n) is 5.87. The summed E-state index contributed by atoms with van der Waals surface area (Å²) in [6, 6.07) is 10.5. The van der Waals surface area contributed by atoms with Crippen molar-refractivity contribution in [3.8, 4) is 17.0 Å². The van der Waals surface area contributed by atoms with Crippen molar-refractivity contribution in [3.63, 3.8) is 0 Å².